The van der Waals surface area contributed by atoms with E-state index in [1.807, 2.05) is 0 Å². The maximum Gasteiger partial charge on any atom is 0.247 e. The largest absolute Gasteiger partial charge is 0.506 e. The van der Waals surface area contributed by atoms with Gasteiger partial charge in [-0.2, -0.15) is 0 Å². The number of hydrogen-bond donors (Lipinski definition) is 1. The van der Waals surface area contributed by atoms with Crippen LogP contribution in [0, 0.1) is 0 Å². The summed E-state index contributed by atoms with van der Waals surface area (Å²) >= 11 is 6.78. The number of likely N-dealkylation sites (tertiary alicyclic amines) is 1. The Kier molecular flexibility index (Phi) is 4.47. The zero-order chi connectivity index (χ0) is 14.8. The summed E-state index contributed by atoms with van der Waals surface area (Å²) in [5.41, 5.74) is 0.487. The molecule has 2 aliphatic heterocycles. The minimum absolute atomic E-state index is 0.0166. The fourth-order valence-corrected chi connectivity index (χ4v) is 4.39. The number of para-hydroxylation sites is 2. The lowest BCUT2D eigenvalue weighted by Crippen LogP contribution is -2.40. The summed E-state index contributed by atoms with van der Waals surface area (Å²) in [4.78, 5) is 16.4. The molecule has 0 aliphatic carbocycles. The van der Waals surface area contributed by atoms with Crippen LogP contribution in [-0.2, 0) is 4.79 Å². The van der Waals surface area contributed by atoms with E-state index in [0.29, 0.717) is 10.0 Å². The zero-order valence-corrected chi connectivity index (χ0v) is 13.3. The van der Waals surface area contributed by atoms with Crippen molar-refractivity contribution in [1.29, 1.82) is 0 Å². The monoisotopic (exact) mass is 322 g/mol. The Balaban J connectivity index is 1.74. The van der Waals surface area contributed by atoms with E-state index in [4.69, 9.17) is 12.2 Å². The second kappa shape index (κ2) is 6.34. The van der Waals surface area contributed by atoms with Crippen molar-refractivity contribution >= 4 is 39.9 Å². The molecule has 112 valence electrons. The summed E-state index contributed by atoms with van der Waals surface area (Å²) in [5.74, 6) is 0.0736. The molecule has 1 aromatic carbocycles. The first-order valence-corrected chi connectivity index (χ1v) is 8.50. The van der Waals surface area contributed by atoms with Gasteiger partial charge in [-0.3, -0.25) is 9.69 Å². The molecule has 1 N–H and O–H groups in total. The van der Waals surface area contributed by atoms with Gasteiger partial charge in [0, 0.05) is 6.54 Å². The SMILES string of the molecule is O=C1C(CN2CCCCC2)SC(=S)N1c1ccccc1O. The molecule has 2 fully saturated rings. The maximum absolute atomic E-state index is 12.6. The van der Waals surface area contributed by atoms with Crippen molar-refractivity contribution in [3.8, 4) is 5.75 Å². The van der Waals surface area contributed by atoms with Crippen molar-refractivity contribution in [2.45, 2.75) is 24.5 Å². The summed E-state index contributed by atoms with van der Waals surface area (Å²) in [6, 6.07) is 6.84. The number of carbonyl (C=O) groups is 1. The van der Waals surface area contributed by atoms with Crippen molar-refractivity contribution in [2.24, 2.45) is 0 Å². The van der Waals surface area contributed by atoms with Gasteiger partial charge in [-0.25, -0.2) is 0 Å². The Morgan fingerprint density at radius 3 is 2.67 bits per heavy atom. The first kappa shape index (κ1) is 14.8. The number of piperidine rings is 1. The maximum atomic E-state index is 12.6. The van der Waals surface area contributed by atoms with Gasteiger partial charge in [-0.1, -0.05) is 42.5 Å². The first-order valence-electron chi connectivity index (χ1n) is 7.22. The predicted octanol–water partition coefficient (Wildman–Crippen LogP) is 2.61. The number of phenolic OH excluding ortho intramolecular Hbond substituents is 1. The number of thioether (sulfide) groups is 1. The van der Waals surface area contributed by atoms with Crippen molar-refractivity contribution in [3.63, 3.8) is 0 Å². The van der Waals surface area contributed by atoms with Crippen molar-refractivity contribution in [3.05, 3.63) is 24.3 Å². The molecule has 1 aromatic rings. The van der Waals surface area contributed by atoms with Gasteiger partial charge in [-0.05, 0) is 38.1 Å². The predicted molar refractivity (Wildman–Crippen MR) is 89.9 cm³/mol. The van der Waals surface area contributed by atoms with Gasteiger partial charge in [0.15, 0.2) is 0 Å². The summed E-state index contributed by atoms with van der Waals surface area (Å²) < 4.78 is 0.531. The van der Waals surface area contributed by atoms with Crippen LogP contribution < -0.4 is 4.90 Å². The number of amides is 1. The number of carbonyl (C=O) groups excluding carboxylic acids is 1. The Morgan fingerprint density at radius 2 is 1.95 bits per heavy atom. The zero-order valence-electron chi connectivity index (χ0n) is 11.7. The third-order valence-corrected chi connectivity index (χ3v) is 5.41. The molecule has 2 aliphatic rings. The van der Waals surface area contributed by atoms with E-state index in [9.17, 15) is 9.90 Å². The molecule has 0 spiro atoms. The molecular formula is C15H18N2O2S2. The van der Waals surface area contributed by atoms with Crippen LogP contribution in [0.25, 0.3) is 0 Å². The number of benzene rings is 1. The molecular weight excluding hydrogens is 304 g/mol. The molecule has 1 unspecified atom stereocenters. The quantitative estimate of drug-likeness (QED) is 0.867. The smallest absolute Gasteiger partial charge is 0.247 e. The van der Waals surface area contributed by atoms with Crippen LogP contribution in [0.2, 0.25) is 0 Å². The Bertz CT molecular complexity index is 558. The van der Waals surface area contributed by atoms with E-state index in [1.165, 1.54) is 35.9 Å². The minimum atomic E-state index is -0.157. The molecule has 1 amide bonds. The second-order valence-electron chi connectivity index (χ2n) is 5.40. The van der Waals surface area contributed by atoms with Gasteiger partial charge >= 0.3 is 0 Å². The summed E-state index contributed by atoms with van der Waals surface area (Å²) in [7, 11) is 0. The van der Waals surface area contributed by atoms with Gasteiger partial charge in [0.1, 0.15) is 15.3 Å². The highest BCUT2D eigenvalue weighted by Crippen LogP contribution is 2.36. The van der Waals surface area contributed by atoms with Crippen LogP contribution >= 0.6 is 24.0 Å². The first-order chi connectivity index (χ1) is 10.2. The van der Waals surface area contributed by atoms with Crippen LogP contribution in [-0.4, -0.2) is 45.1 Å². The van der Waals surface area contributed by atoms with Gasteiger partial charge in [0.05, 0.1) is 5.69 Å². The highest BCUT2D eigenvalue weighted by molar-refractivity contribution is 8.25. The number of phenols is 1. The van der Waals surface area contributed by atoms with Crippen LogP contribution in [0.3, 0.4) is 0 Å². The fraction of sp³-hybridized carbons (Fsp3) is 0.467. The molecule has 4 nitrogen and oxygen atoms in total. The molecule has 0 bridgehead atoms. The van der Waals surface area contributed by atoms with Crippen LogP contribution in [0.15, 0.2) is 24.3 Å². The third kappa shape index (κ3) is 3.07. The number of aromatic hydroxyl groups is 1. The second-order valence-corrected chi connectivity index (χ2v) is 7.23. The topological polar surface area (TPSA) is 43.8 Å². The van der Waals surface area contributed by atoms with Crippen LogP contribution in [0.4, 0.5) is 5.69 Å². The lowest BCUT2D eigenvalue weighted by atomic mass is 10.1. The van der Waals surface area contributed by atoms with Gasteiger partial charge < -0.3 is 10.0 Å². The lowest BCUT2D eigenvalue weighted by molar-refractivity contribution is -0.117. The molecule has 0 aromatic heterocycles. The Hall–Kier alpha value is -1.11. The van der Waals surface area contributed by atoms with Gasteiger partial charge in [0.25, 0.3) is 0 Å². The van der Waals surface area contributed by atoms with E-state index in [-0.39, 0.29) is 16.9 Å². The average molecular weight is 322 g/mol. The third-order valence-electron chi connectivity index (χ3n) is 3.92. The van der Waals surface area contributed by atoms with E-state index < -0.39 is 0 Å². The molecule has 2 saturated heterocycles. The van der Waals surface area contributed by atoms with E-state index in [0.717, 1.165) is 19.6 Å². The Labute approximate surface area is 134 Å². The molecule has 1 atom stereocenters. The van der Waals surface area contributed by atoms with Gasteiger partial charge in [-0.15, -0.1) is 0 Å². The fourth-order valence-electron chi connectivity index (χ4n) is 2.82. The number of rotatable bonds is 3. The van der Waals surface area contributed by atoms with Crippen LogP contribution in [0.5, 0.6) is 5.75 Å². The van der Waals surface area contributed by atoms with Crippen LogP contribution in [0.1, 0.15) is 19.3 Å². The van der Waals surface area contributed by atoms with E-state index in [2.05, 4.69) is 4.90 Å². The normalized spacial score (nSPS) is 23.8. The molecule has 21 heavy (non-hydrogen) atoms. The van der Waals surface area contributed by atoms with E-state index in [1.54, 1.807) is 24.3 Å². The highest BCUT2D eigenvalue weighted by atomic mass is 32.2. The van der Waals surface area contributed by atoms with Gasteiger partial charge in [0.2, 0.25) is 5.91 Å². The minimum Gasteiger partial charge on any atom is -0.506 e. The highest BCUT2D eigenvalue weighted by Gasteiger charge is 2.39. The molecule has 2 heterocycles. The van der Waals surface area contributed by atoms with E-state index >= 15 is 0 Å². The summed E-state index contributed by atoms with van der Waals surface area (Å²) in [5, 5.41) is 9.78. The molecule has 0 saturated carbocycles. The molecule has 3 rings (SSSR count). The van der Waals surface area contributed by atoms with Crippen molar-refractivity contribution in [2.75, 3.05) is 24.5 Å². The van der Waals surface area contributed by atoms with Crippen molar-refractivity contribution in [1.82, 2.24) is 4.90 Å². The molecule has 0 radical (unpaired) electrons. The summed E-state index contributed by atoms with van der Waals surface area (Å²) in [6.45, 7) is 2.87. The standard InChI is InChI=1S/C15H18N2O2S2/c18-12-7-3-2-6-11(12)17-14(19)13(21-15(17)20)10-16-8-4-1-5-9-16/h2-3,6-7,13,18H,1,4-5,8-10H2. The Morgan fingerprint density at radius 1 is 1.24 bits per heavy atom. The number of nitrogens with zero attached hydrogens (tertiary/aromatic N) is 2. The van der Waals surface area contributed by atoms with Crippen molar-refractivity contribution < 1.29 is 9.90 Å². The lowest BCUT2D eigenvalue weighted by Gasteiger charge is -2.27. The number of anilines is 1. The number of thiocarbonyl (C=S) groups is 1. The summed E-state index contributed by atoms with van der Waals surface area (Å²) in [6.07, 6.45) is 3.70. The average Bonchev–Trinajstić information content (AvgIpc) is 2.76. The molecule has 6 heteroatoms. The number of hydrogen-bond acceptors (Lipinski definition) is 5.